The van der Waals surface area contributed by atoms with Gasteiger partial charge in [-0.05, 0) is 32.2 Å². The minimum atomic E-state index is -0.342. The predicted octanol–water partition coefficient (Wildman–Crippen LogP) is 1.02. The number of carbonyl (C=O) groups is 2. The standard InChI is InChI=1S/C14H25N3O2.ClH/c1-3-14(6-4-7-15-14)13(19)17-9-5-8-16(10-11-17)12(2)18;/h15H,3-11H2,1-2H3;1H. The van der Waals surface area contributed by atoms with Crippen LogP contribution in [0.3, 0.4) is 0 Å². The second-order valence-corrected chi connectivity index (χ2v) is 5.62. The van der Waals surface area contributed by atoms with Crippen LogP contribution in [0.15, 0.2) is 0 Å². The van der Waals surface area contributed by atoms with Gasteiger partial charge in [-0.3, -0.25) is 9.59 Å². The lowest BCUT2D eigenvalue weighted by atomic mass is 9.92. The number of nitrogens with zero attached hydrogens (tertiary/aromatic N) is 2. The molecule has 5 nitrogen and oxygen atoms in total. The molecular weight excluding hydrogens is 278 g/mol. The van der Waals surface area contributed by atoms with E-state index >= 15 is 0 Å². The van der Waals surface area contributed by atoms with Crippen molar-refractivity contribution < 1.29 is 9.59 Å². The smallest absolute Gasteiger partial charge is 0.242 e. The first-order valence-corrected chi connectivity index (χ1v) is 7.39. The van der Waals surface area contributed by atoms with Gasteiger partial charge in [0.2, 0.25) is 11.8 Å². The van der Waals surface area contributed by atoms with Crippen molar-refractivity contribution in [3.05, 3.63) is 0 Å². The fourth-order valence-corrected chi connectivity index (χ4v) is 3.18. The van der Waals surface area contributed by atoms with Crippen molar-refractivity contribution in [2.45, 2.75) is 45.1 Å². The normalized spacial score (nSPS) is 26.9. The Morgan fingerprint density at radius 1 is 1.10 bits per heavy atom. The zero-order chi connectivity index (χ0) is 13.9. The van der Waals surface area contributed by atoms with E-state index in [9.17, 15) is 9.59 Å². The Bertz CT molecular complexity index is 356. The average molecular weight is 304 g/mol. The molecule has 2 saturated heterocycles. The Hall–Kier alpha value is -0.810. The summed E-state index contributed by atoms with van der Waals surface area (Å²) in [4.78, 5) is 27.9. The maximum absolute atomic E-state index is 12.7. The Labute approximate surface area is 127 Å². The summed E-state index contributed by atoms with van der Waals surface area (Å²) in [6.07, 6.45) is 3.74. The van der Waals surface area contributed by atoms with Crippen molar-refractivity contribution in [3.8, 4) is 0 Å². The van der Waals surface area contributed by atoms with E-state index in [0.29, 0.717) is 13.1 Å². The maximum Gasteiger partial charge on any atom is 0.242 e. The van der Waals surface area contributed by atoms with E-state index in [0.717, 1.165) is 45.3 Å². The number of halogens is 1. The molecule has 1 N–H and O–H groups in total. The molecule has 0 saturated carbocycles. The monoisotopic (exact) mass is 303 g/mol. The molecule has 116 valence electrons. The quantitative estimate of drug-likeness (QED) is 0.829. The summed E-state index contributed by atoms with van der Waals surface area (Å²) in [6, 6.07) is 0. The lowest BCUT2D eigenvalue weighted by molar-refractivity contribution is -0.138. The Morgan fingerprint density at radius 2 is 1.75 bits per heavy atom. The summed E-state index contributed by atoms with van der Waals surface area (Å²) in [6.45, 7) is 7.49. The van der Waals surface area contributed by atoms with Crippen LogP contribution in [0.5, 0.6) is 0 Å². The number of nitrogens with one attached hydrogen (secondary N) is 1. The van der Waals surface area contributed by atoms with Gasteiger partial charge in [0.25, 0.3) is 0 Å². The highest BCUT2D eigenvalue weighted by atomic mass is 35.5. The summed E-state index contributed by atoms with van der Waals surface area (Å²) in [5, 5.41) is 3.40. The van der Waals surface area contributed by atoms with Crippen LogP contribution in [0.4, 0.5) is 0 Å². The summed E-state index contributed by atoms with van der Waals surface area (Å²) < 4.78 is 0. The van der Waals surface area contributed by atoms with Gasteiger partial charge in [0.1, 0.15) is 0 Å². The highest BCUT2D eigenvalue weighted by Crippen LogP contribution is 2.26. The molecule has 0 radical (unpaired) electrons. The molecule has 2 amide bonds. The minimum Gasteiger partial charge on any atom is -0.341 e. The van der Waals surface area contributed by atoms with Crippen molar-refractivity contribution in [3.63, 3.8) is 0 Å². The van der Waals surface area contributed by atoms with Crippen LogP contribution >= 0.6 is 12.4 Å². The molecule has 0 bridgehead atoms. The first-order valence-electron chi connectivity index (χ1n) is 7.39. The van der Waals surface area contributed by atoms with Crippen LogP contribution in [0.1, 0.15) is 39.5 Å². The lowest BCUT2D eigenvalue weighted by Gasteiger charge is -2.33. The molecule has 1 unspecified atom stereocenters. The topological polar surface area (TPSA) is 52.7 Å². The molecule has 2 heterocycles. The minimum absolute atomic E-state index is 0. The molecule has 2 aliphatic rings. The molecule has 2 fully saturated rings. The number of hydrogen-bond donors (Lipinski definition) is 1. The summed E-state index contributed by atoms with van der Waals surface area (Å²) in [5.41, 5.74) is -0.342. The summed E-state index contributed by atoms with van der Waals surface area (Å²) >= 11 is 0. The predicted molar refractivity (Wildman–Crippen MR) is 81.0 cm³/mol. The number of carbonyl (C=O) groups excluding carboxylic acids is 2. The van der Waals surface area contributed by atoms with Crippen molar-refractivity contribution in [1.29, 1.82) is 0 Å². The molecule has 2 aliphatic heterocycles. The van der Waals surface area contributed by atoms with Crippen LogP contribution in [0.25, 0.3) is 0 Å². The van der Waals surface area contributed by atoms with Crippen molar-refractivity contribution >= 4 is 24.2 Å². The van der Waals surface area contributed by atoms with Gasteiger partial charge in [-0.25, -0.2) is 0 Å². The van der Waals surface area contributed by atoms with Crippen LogP contribution < -0.4 is 5.32 Å². The van der Waals surface area contributed by atoms with E-state index in [1.165, 1.54) is 0 Å². The van der Waals surface area contributed by atoms with Crippen molar-refractivity contribution in [2.24, 2.45) is 0 Å². The van der Waals surface area contributed by atoms with E-state index in [1.807, 2.05) is 9.80 Å². The maximum atomic E-state index is 12.7. The van der Waals surface area contributed by atoms with Crippen molar-refractivity contribution in [2.75, 3.05) is 32.7 Å². The highest BCUT2D eigenvalue weighted by Gasteiger charge is 2.41. The summed E-state index contributed by atoms with van der Waals surface area (Å²) in [5.74, 6) is 0.344. The van der Waals surface area contributed by atoms with Gasteiger partial charge in [-0.15, -0.1) is 12.4 Å². The first kappa shape index (κ1) is 17.2. The van der Waals surface area contributed by atoms with Crippen molar-refractivity contribution in [1.82, 2.24) is 15.1 Å². The van der Waals surface area contributed by atoms with Crippen LogP contribution in [-0.4, -0.2) is 59.9 Å². The molecule has 0 aromatic rings. The second kappa shape index (κ2) is 7.27. The Balaban J connectivity index is 0.00000200. The third-order valence-electron chi connectivity index (χ3n) is 4.49. The molecule has 6 heteroatoms. The van der Waals surface area contributed by atoms with E-state index in [2.05, 4.69) is 12.2 Å². The lowest BCUT2D eigenvalue weighted by Crippen LogP contribution is -2.55. The molecule has 20 heavy (non-hydrogen) atoms. The van der Waals surface area contributed by atoms with E-state index in [-0.39, 0.29) is 29.8 Å². The van der Waals surface area contributed by atoms with Gasteiger partial charge in [0.05, 0.1) is 5.54 Å². The van der Waals surface area contributed by atoms with Gasteiger partial charge in [-0.2, -0.15) is 0 Å². The third kappa shape index (κ3) is 3.44. The zero-order valence-electron chi connectivity index (χ0n) is 12.5. The van der Waals surface area contributed by atoms with Gasteiger partial charge >= 0.3 is 0 Å². The van der Waals surface area contributed by atoms with E-state index < -0.39 is 0 Å². The molecule has 1 atom stereocenters. The van der Waals surface area contributed by atoms with Crippen LogP contribution in [0, 0.1) is 0 Å². The molecule has 0 aliphatic carbocycles. The Morgan fingerprint density at radius 3 is 2.30 bits per heavy atom. The molecule has 0 aromatic carbocycles. The largest absolute Gasteiger partial charge is 0.341 e. The molecule has 2 rings (SSSR count). The number of rotatable bonds is 2. The van der Waals surface area contributed by atoms with Crippen LogP contribution in [-0.2, 0) is 9.59 Å². The summed E-state index contributed by atoms with van der Waals surface area (Å²) in [7, 11) is 0. The second-order valence-electron chi connectivity index (χ2n) is 5.62. The Kier molecular flexibility index (Phi) is 6.27. The van der Waals surface area contributed by atoms with Gasteiger partial charge in [0, 0.05) is 33.1 Å². The molecule has 0 spiro atoms. The molecular formula is C14H26ClN3O2. The van der Waals surface area contributed by atoms with Gasteiger partial charge < -0.3 is 15.1 Å². The van der Waals surface area contributed by atoms with Gasteiger partial charge in [0.15, 0.2) is 0 Å². The highest BCUT2D eigenvalue weighted by molar-refractivity contribution is 5.87. The fraction of sp³-hybridized carbons (Fsp3) is 0.857. The van der Waals surface area contributed by atoms with Gasteiger partial charge in [-0.1, -0.05) is 6.92 Å². The third-order valence-corrected chi connectivity index (χ3v) is 4.49. The van der Waals surface area contributed by atoms with E-state index in [4.69, 9.17) is 0 Å². The SMILES string of the molecule is CCC1(C(=O)N2CCCN(C(C)=O)CC2)CCCN1.Cl. The molecule has 0 aromatic heterocycles. The first-order chi connectivity index (χ1) is 9.09. The fourth-order valence-electron chi connectivity index (χ4n) is 3.18. The number of hydrogen-bond acceptors (Lipinski definition) is 3. The van der Waals surface area contributed by atoms with Crippen LogP contribution in [0.2, 0.25) is 0 Å². The van der Waals surface area contributed by atoms with E-state index in [1.54, 1.807) is 6.92 Å². The average Bonchev–Trinajstić information content (AvgIpc) is 2.75. The number of amides is 2. The zero-order valence-corrected chi connectivity index (χ0v) is 13.3.